The van der Waals surface area contributed by atoms with Gasteiger partial charge in [0.15, 0.2) is 5.78 Å². The van der Waals surface area contributed by atoms with Gasteiger partial charge in [0.1, 0.15) is 5.82 Å². The lowest BCUT2D eigenvalue weighted by molar-refractivity contribution is 0.0343. The first kappa shape index (κ1) is 13.0. The minimum absolute atomic E-state index is 0.115. The molecule has 2 atom stereocenters. The molecule has 4 heteroatoms. The van der Waals surface area contributed by atoms with Crippen molar-refractivity contribution in [1.29, 1.82) is 0 Å². The molecule has 0 saturated carbocycles. The van der Waals surface area contributed by atoms with E-state index in [0.29, 0.717) is 18.7 Å². The fraction of sp³-hybridized carbons (Fsp3) is 0.500. The van der Waals surface area contributed by atoms with E-state index < -0.39 is 0 Å². The summed E-state index contributed by atoms with van der Waals surface area (Å²) in [5.74, 6) is -0.492. The maximum absolute atomic E-state index is 13.3. The van der Waals surface area contributed by atoms with E-state index >= 15 is 0 Å². The molecule has 98 valence electrons. The number of benzene rings is 1. The number of morpholine rings is 1. The van der Waals surface area contributed by atoms with Gasteiger partial charge in [-0.25, -0.2) is 4.39 Å². The van der Waals surface area contributed by atoms with Crippen molar-refractivity contribution in [2.75, 3.05) is 18.1 Å². The molecule has 18 heavy (non-hydrogen) atoms. The maximum Gasteiger partial charge on any atom is 0.161 e. The van der Waals surface area contributed by atoms with E-state index in [1.807, 2.05) is 13.8 Å². The smallest absolute Gasteiger partial charge is 0.161 e. The topological polar surface area (TPSA) is 29.5 Å². The Kier molecular flexibility index (Phi) is 3.66. The maximum atomic E-state index is 13.3. The Morgan fingerprint density at radius 2 is 2.17 bits per heavy atom. The van der Waals surface area contributed by atoms with Gasteiger partial charge < -0.3 is 9.64 Å². The highest BCUT2D eigenvalue weighted by Crippen LogP contribution is 2.27. The molecule has 1 fully saturated rings. The van der Waals surface area contributed by atoms with Crippen molar-refractivity contribution in [3.05, 3.63) is 29.6 Å². The number of hydrogen-bond donors (Lipinski definition) is 0. The molecular weight excluding hydrogens is 233 g/mol. The lowest BCUT2D eigenvalue weighted by atomic mass is 10.1. The van der Waals surface area contributed by atoms with Crippen LogP contribution in [0.2, 0.25) is 0 Å². The number of nitrogens with zero attached hydrogens (tertiary/aromatic N) is 1. The third-order valence-corrected chi connectivity index (χ3v) is 3.26. The zero-order valence-electron chi connectivity index (χ0n) is 10.9. The molecule has 1 aromatic carbocycles. The van der Waals surface area contributed by atoms with Crippen LogP contribution in [0.5, 0.6) is 0 Å². The SMILES string of the molecule is CC(=O)c1cc(F)ccc1N1CC(C)OCC1C. The average molecular weight is 251 g/mol. The van der Waals surface area contributed by atoms with Crippen LogP contribution < -0.4 is 4.90 Å². The fourth-order valence-corrected chi connectivity index (χ4v) is 2.28. The highest BCUT2D eigenvalue weighted by atomic mass is 19.1. The zero-order chi connectivity index (χ0) is 13.3. The van der Waals surface area contributed by atoms with Crippen molar-refractivity contribution in [1.82, 2.24) is 0 Å². The van der Waals surface area contributed by atoms with Crippen molar-refractivity contribution in [2.45, 2.75) is 32.9 Å². The van der Waals surface area contributed by atoms with Crippen molar-refractivity contribution in [2.24, 2.45) is 0 Å². The van der Waals surface area contributed by atoms with Crippen LogP contribution in [0, 0.1) is 5.82 Å². The normalized spacial score (nSPS) is 24.1. The minimum atomic E-state index is -0.377. The third-order valence-electron chi connectivity index (χ3n) is 3.26. The van der Waals surface area contributed by atoms with Crippen molar-refractivity contribution >= 4 is 11.5 Å². The number of rotatable bonds is 2. The Labute approximate surface area is 107 Å². The Bertz CT molecular complexity index is 461. The van der Waals surface area contributed by atoms with E-state index in [-0.39, 0.29) is 23.7 Å². The molecule has 2 rings (SSSR count). The van der Waals surface area contributed by atoms with Crippen molar-refractivity contribution in [3.8, 4) is 0 Å². The Balaban J connectivity index is 2.40. The summed E-state index contributed by atoms with van der Waals surface area (Å²) >= 11 is 0. The van der Waals surface area contributed by atoms with E-state index in [0.717, 1.165) is 5.69 Å². The Hall–Kier alpha value is -1.42. The largest absolute Gasteiger partial charge is 0.375 e. The number of anilines is 1. The first-order valence-electron chi connectivity index (χ1n) is 6.17. The van der Waals surface area contributed by atoms with Crippen molar-refractivity contribution < 1.29 is 13.9 Å². The van der Waals surface area contributed by atoms with Gasteiger partial charge in [-0.1, -0.05) is 0 Å². The molecule has 1 heterocycles. The molecule has 1 aliphatic heterocycles. The van der Waals surface area contributed by atoms with Gasteiger partial charge in [-0.3, -0.25) is 4.79 Å². The number of carbonyl (C=O) groups excluding carboxylic acids is 1. The van der Waals surface area contributed by atoms with Gasteiger partial charge in [0.25, 0.3) is 0 Å². The van der Waals surface area contributed by atoms with Crippen LogP contribution in [-0.2, 0) is 4.74 Å². The average Bonchev–Trinajstić information content (AvgIpc) is 2.32. The third kappa shape index (κ3) is 2.53. The second-order valence-corrected chi connectivity index (χ2v) is 4.86. The second-order valence-electron chi connectivity index (χ2n) is 4.86. The number of ketones is 1. The summed E-state index contributed by atoms with van der Waals surface area (Å²) in [6, 6.07) is 4.57. The van der Waals surface area contributed by atoms with Gasteiger partial charge in [0.2, 0.25) is 0 Å². The summed E-state index contributed by atoms with van der Waals surface area (Å²) in [7, 11) is 0. The van der Waals surface area contributed by atoms with Crippen LogP contribution in [-0.4, -0.2) is 31.1 Å². The molecule has 0 amide bonds. The molecule has 2 unspecified atom stereocenters. The zero-order valence-corrected chi connectivity index (χ0v) is 10.9. The van der Waals surface area contributed by atoms with Gasteiger partial charge in [-0.15, -0.1) is 0 Å². The number of carbonyl (C=O) groups is 1. The molecule has 0 radical (unpaired) electrons. The Morgan fingerprint density at radius 3 is 2.83 bits per heavy atom. The molecule has 1 aliphatic rings. The molecular formula is C14H18FNO2. The predicted octanol–water partition coefficient (Wildman–Crippen LogP) is 2.64. The summed E-state index contributed by atoms with van der Waals surface area (Å²) in [5.41, 5.74) is 1.24. The summed E-state index contributed by atoms with van der Waals surface area (Å²) in [4.78, 5) is 13.7. The predicted molar refractivity (Wildman–Crippen MR) is 68.6 cm³/mol. The summed E-state index contributed by atoms with van der Waals surface area (Å²) < 4.78 is 18.8. The van der Waals surface area contributed by atoms with E-state index in [1.54, 1.807) is 6.07 Å². The standard InChI is InChI=1S/C14H18FNO2/c1-9-8-18-10(2)7-16(9)14-5-4-12(15)6-13(14)11(3)17/h4-6,9-10H,7-8H2,1-3H3. The minimum Gasteiger partial charge on any atom is -0.375 e. The fourth-order valence-electron chi connectivity index (χ4n) is 2.28. The number of Topliss-reactive ketones (excluding diaryl/α,β-unsaturated/α-hetero) is 1. The monoisotopic (exact) mass is 251 g/mol. The van der Waals surface area contributed by atoms with Crippen LogP contribution in [0.4, 0.5) is 10.1 Å². The number of hydrogen-bond acceptors (Lipinski definition) is 3. The van der Waals surface area contributed by atoms with Crippen LogP contribution in [0.15, 0.2) is 18.2 Å². The lowest BCUT2D eigenvalue weighted by Crippen LogP contribution is -2.47. The summed E-state index contributed by atoms with van der Waals surface area (Å²) in [5, 5.41) is 0. The van der Waals surface area contributed by atoms with Crippen LogP contribution in [0.25, 0.3) is 0 Å². The first-order valence-corrected chi connectivity index (χ1v) is 6.17. The molecule has 0 aliphatic carbocycles. The lowest BCUT2D eigenvalue weighted by Gasteiger charge is -2.39. The molecule has 3 nitrogen and oxygen atoms in total. The van der Waals surface area contributed by atoms with Gasteiger partial charge in [0.05, 0.1) is 12.7 Å². The Morgan fingerprint density at radius 1 is 1.44 bits per heavy atom. The quantitative estimate of drug-likeness (QED) is 0.757. The molecule has 0 aromatic heterocycles. The van der Waals surface area contributed by atoms with Gasteiger partial charge in [-0.2, -0.15) is 0 Å². The van der Waals surface area contributed by atoms with Crippen LogP contribution in [0.3, 0.4) is 0 Å². The number of ether oxygens (including phenoxy) is 1. The van der Waals surface area contributed by atoms with E-state index in [1.165, 1.54) is 19.1 Å². The van der Waals surface area contributed by atoms with Crippen LogP contribution in [0.1, 0.15) is 31.1 Å². The highest BCUT2D eigenvalue weighted by Gasteiger charge is 2.26. The van der Waals surface area contributed by atoms with E-state index in [4.69, 9.17) is 4.74 Å². The summed E-state index contributed by atoms with van der Waals surface area (Å²) in [6.45, 7) is 6.84. The van der Waals surface area contributed by atoms with Crippen LogP contribution >= 0.6 is 0 Å². The molecule has 0 spiro atoms. The molecule has 0 N–H and O–H groups in total. The first-order chi connectivity index (χ1) is 8.49. The highest BCUT2D eigenvalue weighted by molar-refractivity contribution is 5.99. The van der Waals surface area contributed by atoms with Crippen molar-refractivity contribution in [3.63, 3.8) is 0 Å². The van der Waals surface area contributed by atoms with E-state index in [9.17, 15) is 9.18 Å². The number of halogens is 1. The van der Waals surface area contributed by atoms with Gasteiger partial charge in [0, 0.05) is 23.8 Å². The molecule has 1 aromatic rings. The summed E-state index contributed by atoms with van der Waals surface area (Å²) in [6.07, 6.45) is 0.117. The van der Waals surface area contributed by atoms with Gasteiger partial charge >= 0.3 is 0 Å². The second kappa shape index (κ2) is 5.06. The molecule has 1 saturated heterocycles. The molecule has 0 bridgehead atoms. The van der Waals surface area contributed by atoms with Gasteiger partial charge in [-0.05, 0) is 39.0 Å². The van der Waals surface area contributed by atoms with E-state index in [2.05, 4.69) is 4.90 Å².